The highest BCUT2D eigenvalue weighted by atomic mass is 35.5. The van der Waals surface area contributed by atoms with Gasteiger partial charge in [-0.05, 0) is 84.0 Å². The second-order valence-electron chi connectivity index (χ2n) is 15.4. The summed E-state index contributed by atoms with van der Waals surface area (Å²) in [7, 11) is 1.80. The average molecular weight is 694 g/mol. The van der Waals surface area contributed by atoms with Gasteiger partial charge in [0.05, 0.1) is 37.4 Å². The van der Waals surface area contributed by atoms with Crippen molar-refractivity contribution < 1.29 is 29.3 Å². The molecule has 270 valence electrons. The van der Waals surface area contributed by atoms with E-state index in [0.717, 1.165) is 57.8 Å². The van der Waals surface area contributed by atoms with E-state index in [1.54, 1.807) is 7.11 Å². The molecule has 0 aromatic heterocycles. The number of carbonyl (C=O) groups is 3. The van der Waals surface area contributed by atoms with Gasteiger partial charge in [0.1, 0.15) is 5.60 Å². The topological polar surface area (TPSA) is 168 Å². The molecule has 6 rings (SSSR count). The summed E-state index contributed by atoms with van der Waals surface area (Å²) in [6.45, 7) is 4.31. The summed E-state index contributed by atoms with van der Waals surface area (Å²) in [5.41, 5.74) is 6.65. The van der Waals surface area contributed by atoms with Gasteiger partial charge in [0.2, 0.25) is 11.8 Å². The number of hydrazine groups is 1. The van der Waals surface area contributed by atoms with Gasteiger partial charge in [-0.1, -0.05) is 6.42 Å². The Labute approximate surface area is 289 Å². The molecule has 13 nitrogen and oxygen atoms in total. The highest BCUT2D eigenvalue weighted by molar-refractivity contribution is 6.20. The molecule has 5 fully saturated rings. The summed E-state index contributed by atoms with van der Waals surface area (Å²) < 4.78 is 5.86. The first-order valence-electron chi connectivity index (χ1n) is 18.2. The van der Waals surface area contributed by atoms with Crippen molar-refractivity contribution in [2.45, 2.75) is 145 Å². The number of likely N-dealkylation sites (tertiary alicyclic amines) is 1. The van der Waals surface area contributed by atoms with Crippen LogP contribution in [-0.2, 0) is 19.1 Å². The Morgan fingerprint density at radius 3 is 2.52 bits per heavy atom. The molecule has 14 heteroatoms. The van der Waals surface area contributed by atoms with Gasteiger partial charge in [-0.15, -0.1) is 11.6 Å². The van der Waals surface area contributed by atoms with Crippen LogP contribution in [0.15, 0.2) is 4.99 Å². The molecule has 3 heterocycles. The van der Waals surface area contributed by atoms with E-state index in [-0.39, 0.29) is 72.5 Å². The summed E-state index contributed by atoms with van der Waals surface area (Å²) >= 11 is 6.51. The zero-order valence-corrected chi connectivity index (χ0v) is 29.5. The van der Waals surface area contributed by atoms with Crippen LogP contribution >= 0.6 is 11.6 Å². The molecule has 6 N–H and O–H groups in total. The van der Waals surface area contributed by atoms with Gasteiger partial charge in [0, 0.05) is 55.2 Å². The van der Waals surface area contributed by atoms with Crippen molar-refractivity contribution >= 4 is 35.0 Å². The largest absolute Gasteiger partial charge is 0.385 e. The normalized spacial score (nSPS) is 42.0. The monoisotopic (exact) mass is 693 g/mol. The predicted octanol–water partition coefficient (Wildman–Crippen LogP) is 1.01. The van der Waals surface area contributed by atoms with Gasteiger partial charge in [-0.2, -0.15) is 0 Å². The van der Waals surface area contributed by atoms with Crippen molar-refractivity contribution in [3.63, 3.8) is 0 Å². The number of nitrogens with one attached hydrogen (secondary N) is 4. The maximum Gasteiger partial charge on any atom is 0.254 e. The first-order chi connectivity index (χ1) is 23.0. The molecule has 6 aliphatic rings. The van der Waals surface area contributed by atoms with E-state index in [1.807, 2.05) is 0 Å². The van der Waals surface area contributed by atoms with Gasteiger partial charge in [0.25, 0.3) is 5.91 Å². The van der Waals surface area contributed by atoms with E-state index in [9.17, 15) is 24.6 Å². The van der Waals surface area contributed by atoms with E-state index >= 15 is 0 Å². The number of aliphatic hydroxyl groups excluding tert-OH is 1. The van der Waals surface area contributed by atoms with Crippen molar-refractivity contribution in [1.82, 2.24) is 31.3 Å². The average Bonchev–Trinajstić information content (AvgIpc) is 3.51. The fourth-order valence-electron chi connectivity index (χ4n) is 9.38. The fourth-order valence-corrected chi connectivity index (χ4v) is 9.63. The smallest absolute Gasteiger partial charge is 0.254 e. The second-order valence-corrected chi connectivity index (χ2v) is 16.0. The van der Waals surface area contributed by atoms with Crippen molar-refractivity contribution in [2.75, 3.05) is 26.7 Å². The van der Waals surface area contributed by atoms with Gasteiger partial charge in [-0.25, -0.2) is 10.9 Å². The fraction of sp³-hybridized carbons (Fsp3) is 0.882. The molecule has 0 radical (unpaired) electrons. The number of halogens is 1. The van der Waals surface area contributed by atoms with E-state index in [1.165, 1.54) is 17.5 Å². The van der Waals surface area contributed by atoms with E-state index in [0.29, 0.717) is 37.9 Å². The lowest BCUT2D eigenvalue weighted by Gasteiger charge is -2.44. The van der Waals surface area contributed by atoms with Crippen molar-refractivity contribution in [2.24, 2.45) is 22.7 Å². The molecular formula is C34H56ClN7O6. The number of aliphatic imine (C=N–C) groups is 1. The molecule has 0 bridgehead atoms. The van der Waals surface area contributed by atoms with Gasteiger partial charge >= 0.3 is 0 Å². The molecule has 0 spiro atoms. The van der Waals surface area contributed by atoms with Crippen LogP contribution in [0.4, 0.5) is 0 Å². The van der Waals surface area contributed by atoms with Crippen molar-refractivity contribution in [3.05, 3.63) is 0 Å². The third-order valence-electron chi connectivity index (χ3n) is 12.0. The minimum absolute atomic E-state index is 0.0667. The van der Waals surface area contributed by atoms with E-state index in [4.69, 9.17) is 21.3 Å². The van der Waals surface area contributed by atoms with Crippen LogP contribution in [0, 0.1) is 17.8 Å². The Morgan fingerprint density at radius 2 is 1.81 bits per heavy atom. The summed E-state index contributed by atoms with van der Waals surface area (Å²) in [6.07, 6.45) is 8.74. The summed E-state index contributed by atoms with van der Waals surface area (Å²) in [6, 6.07) is -0.138. The SMILES string of the molecule is COC1CCC2C(C1)C(C1CCC(Cl)CC1)=N[C@@H](CC(=O)NCCNC(=O)C1CCCC(N3C[C@@](C)(O)[C@@H](O)C3=O)C1)C1NNC(C)N21. The van der Waals surface area contributed by atoms with Crippen LogP contribution in [0.1, 0.15) is 90.9 Å². The number of aliphatic hydroxyl groups is 2. The van der Waals surface area contributed by atoms with Crippen LogP contribution in [0.2, 0.25) is 0 Å². The lowest BCUT2D eigenvalue weighted by atomic mass is 9.72. The standard InChI is InChI=1S/C34H56ClN7O6/c1-19-39-40-31-26(38-29(20-7-9-22(35)10-8-20)25-16-24(48-3)11-12-27(25)42(19)31)17-28(43)36-13-14-37-32(45)21-5-4-6-23(15-21)41-18-34(2,47)30(44)33(41)46/h19-27,30-31,39-40,44,47H,4-18H2,1-3H3,(H,36,43)(H,37,45)/t19?,20?,21?,22?,23?,24?,25?,26-,27?,30-,31?,34+/m0/s1. The molecule has 2 saturated heterocycles. The van der Waals surface area contributed by atoms with Crippen LogP contribution in [0.5, 0.6) is 0 Å². The molecule has 3 aliphatic carbocycles. The Kier molecular flexibility index (Phi) is 11.4. The molecule has 0 aromatic carbocycles. The number of hydrogen-bond acceptors (Lipinski definition) is 10. The van der Waals surface area contributed by atoms with Gasteiger partial charge < -0.3 is 30.5 Å². The molecule has 0 aromatic rings. The zero-order valence-electron chi connectivity index (χ0n) is 28.7. The van der Waals surface area contributed by atoms with Crippen molar-refractivity contribution in [1.29, 1.82) is 0 Å². The van der Waals surface area contributed by atoms with Gasteiger partial charge in [-0.3, -0.25) is 24.3 Å². The highest BCUT2D eigenvalue weighted by Gasteiger charge is 2.51. The number of hydrogen-bond donors (Lipinski definition) is 6. The Bertz CT molecular complexity index is 1210. The molecule has 3 saturated carbocycles. The Balaban J connectivity index is 1.05. The number of carbonyl (C=O) groups excluding carboxylic acids is 3. The number of alkyl halides is 1. The first kappa shape index (κ1) is 35.9. The maximum atomic E-state index is 13.4. The number of rotatable bonds is 9. The number of fused-ring (bicyclic) bond motifs is 3. The van der Waals surface area contributed by atoms with Crippen LogP contribution in [0.25, 0.3) is 0 Å². The second kappa shape index (κ2) is 15.2. The van der Waals surface area contributed by atoms with Crippen molar-refractivity contribution in [3.8, 4) is 0 Å². The highest BCUT2D eigenvalue weighted by Crippen LogP contribution is 2.42. The molecule has 48 heavy (non-hydrogen) atoms. The Morgan fingerprint density at radius 1 is 1.06 bits per heavy atom. The minimum atomic E-state index is -1.48. The molecule has 3 amide bonds. The predicted molar refractivity (Wildman–Crippen MR) is 181 cm³/mol. The maximum absolute atomic E-state index is 13.4. The lowest BCUT2D eigenvalue weighted by molar-refractivity contribution is -0.140. The first-order valence-corrected chi connectivity index (χ1v) is 18.7. The molecular weight excluding hydrogens is 638 g/mol. The number of nitrogens with zero attached hydrogens (tertiary/aromatic N) is 3. The molecule has 7 unspecified atom stereocenters. The van der Waals surface area contributed by atoms with E-state index < -0.39 is 17.6 Å². The summed E-state index contributed by atoms with van der Waals surface area (Å²) in [4.78, 5) is 48.5. The van der Waals surface area contributed by atoms with E-state index in [2.05, 4.69) is 33.3 Å². The number of methoxy groups -OCH3 is 1. The zero-order chi connectivity index (χ0) is 34.2. The third kappa shape index (κ3) is 7.57. The Hall–Kier alpha value is -1.87. The summed E-state index contributed by atoms with van der Waals surface area (Å²) in [5, 5.41) is 26.7. The van der Waals surface area contributed by atoms with Gasteiger partial charge in [0.15, 0.2) is 6.10 Å². The lowest BCUT2D eigenvalue weighted by Crippen LogP contribution is -2.55. The minimum Gasteiger partial charge on any atom is -0.385 e. The quantitative estimate of drug-likeness (QED) is 0.153. The molecule has 3 aliphatic heterocycles. The van der Waals surface area contributed by atoms with Crippen LogP contribution < -0.4 is 21.5 Å². The number of β-amino-alcohol motifs (C(OH)–C–C–N with tert-alkyl or cyclic N) is 1. The summed E-state index contributed by atoms with van der Waals surface area (Å²) in [5.74, 6) is -0.289. The number of ether oxygens (including phenoxy) is 1. The molecule has 10 atom stereocenters. The number of amides is 3. The van der Waals surface area contributed by atoms with Crippen LogP contribution in [0.3, 0.4) is 0 Å². The van der Waals surface area contributed by atoms with Crippen LogP contribution in [-0.4, -0.2) is 124 Å². The third-order valence-corrected chi connectivity index (χ3v) is 12.5.